The predicted octanol–water partition coefficient (Wildman–Crippen LogP) is 3.27. The Morgan fingerprint density at radius 2 is 1.81 bits per heavy atom. The number of aryl methyl sites for hydroxylation is 1. The van der Waals surface area contributed by atoms with Gasteiger partial charge >= 0.3 is 12.2 Å². The maximum Gasteiger partial charge on any atom is 0.416 e. The van der Waals surface area contributed by atoms with E-state index in [0.29, 0.717) is 0 Å². The molecule has 0 atom stereocenters. The first-order valence-electron chi connectivity index (χ1n) is 5.99. The molecule has 0 bridgehead atoms. The molecule has 2 aromatic rings. The van der Waals surface area contributed by atoms with E-state index in [2.05, 4.69) is 15.5 Å². The van der Waals surface area contributed by atoms with E-state index in [4.69, 9.17) is 4.42 Å². The average molecular weight is 299 g/mol. The molecule has 1 N–H and O–H groups in total. The van der Waals surface area contributed by atoms with Crippen LogP contribution in [-0.2, 0) is 6.18 Å². The molecule has 1 aromatic carbocycles. The molecule has 0 saturated heterocycles. The Labute approximate surface area is 118 Å². The highest BCUT2D eigenvalue weighted by atomic mass is 19.4. The van der Waals surface area contributed by atoms with Gasteiger partial charge in [0.1, 0.15) is 0 Å². The van der Waals surface area contributed by atoms with Gasteiger partial charge in [0.25, 0.3) is 5.91 Å². The van der Waals surface area contributed by atoms with E-state index in [0.717, 1.165) is 12.1 Å². The highest BCUT2D eigenvalue weighted by molar-refractivity contribution is 6.04. The number of nitrogens with one attached hydrogen (secondary N) is 1. The fourth-order valence-electron chi connectivity index (χ4n) is 1.89. The van der Waals surface area contributed by atoms with Gasteiger partial charge in [-0.15, -0.1) is 5.10 Å². The second kappa shape index (κ2) is 5.19. The number of carbonyl (C=O) groups is 1. The Kier molecular flexibility index (Phi) is 3.71. The lowest BCUT2D eigenvalue weighted by Gasteiger charge is -2.14. The van der Waals surface area contributed by atoms with Crippen molar-refractivity contribution >= 4 is 11.9 Å². The van der Waals surface area contributed by atoms with Crippen LogP contribution in [0.5, 0.6) is 0 Å². The van der Waals surface area contributed by atoms with Crippen LogP contribution >= 0.6 is 0 Å². The van der Waals surface area contributed by atoms with Crippen molar-refractivity contribution in [2.45, 2.75) is 26.9 Å². The highest BCUT2D eigenvalue weighted by Crippen LogP contribution is 2.34. The molecule has 112 valence electrons. The fourth-order valence-corrected chi connectivity index (χ4v) is 1.89. The number of hydrogen-bond donors (Lipinski definition) is 1. The molecule has 0 unspecified atom stereocenters. The van der Waals surface area contributed by atoms with E-state index < -0.39 is 17.6 Å². The van der Waals surface area contributed by atoms with Gasteiger partial charge in [-0.3, -0.25) is 10.1 Å². The molecule has 0 spiro atoms. The number of benzene rings is 1. The van der Waals surface area contributed by atoms with Gasteiger partial charge < -0.3 is 4.42 Å². The van der Waals surface area contributed by atoms with Crippen LogP contribution in [0.25, 0.3) is 0 Å². The lowest BCUT2D eigenvalue weighted by Crippen LogP contribution is -2.16. The highest BCUT2D eigenvalue weighted by Gasteiger charge is 2.33. The first-order chi connectivity index (χ1) is 9.70. The maximum atomic E-state index is 12.8. The number of aromatic nitrogens is 2. The molecule has 1 heterocycles. The summed E-state index contributed by atoms with van der Waals surface area (Å²) < 4.78 is 43.3. The standard InChI is InChI=1S/C13H12F3N3O2/c1-6-7(2)10(13(14,15)16)5-4-9(6)11(20)17-12-19-18-8(3)21-12/h4-5H,1-3H3,(H,17,19,20). The summed E-state index contributed by atoms with van der Waals surface area (Å²) in [7, 11) is 0. The van der Waals surface area contributed by atoms with E-state index in [9.17, 15) is 18.0 Å². The molecule has 0 aliphatic heterocycles. The molecular weight excluding hydrogens is 287 g/mol. The molecule has 21 heavy (non-hydrogen) atoms. The van der Waals surface area contributed by atoms with Gasteiger partial charge in [-0.2, -0.15) is 13.2 Å². The Hall–Kier alpha value is -2.38. The van der Waals surface area contributed by atoms with Crippen LogP contribution in [0.15, 0.2) is 16.5 Å². The summed E-state index contributed by atoms with van der Waals surface area (Å²) in [5.74, 6) is -0.335. The van der Waals surface area contributed by atoms with Crippen molar-refractivity contribution in [1.82, 2.24) is 10.2 Å². The Morgan fingerprint density at radius 3 is 2.33 bits per heavy atom. The summed E-state index contributed by atoms with van der Waals surface area (Å²) >= 11 is 0. The molecular formula is C13H12F3N3O2. The van der Waals surface area contributed by atoms with Crippen LogP contribution in [-0.4, -0.2) is 16.1 Å². The molecule has 1 amide bonds. The summed E-state index contributed by atoms with van der Waals surface area (Å²) in [5.41, 5.74) is -0.378. The van der Waals surface area contributed by atoms with Crippen LogP contribution in [0, 0.1) is 20.8 Å². The number of amides is 1. The predicted molar refractivity (Wildman–Crippen MR) is 67.9 cm³/mol. The van der Waals surface area contributed by atoms with Crippen molar-refractivity contribution in [3.05, 3.63) is 40.3 Å². The molecule has 0 fully saturated rings. The third-order valence-electron chi connectivity index (χ3n) is 3.08. The fraction of sp³-hybridized carbons (Fsp3) is 0.308. The van der Waals surface area contributed by atoms with Gasteiger partial charge in [-0.1, -0.05) is 5.10 Å². The molecule has 0 radical (unpaired) electrons. The molecule has 2 rings (SSSR count). The van der Waals surface area contributed by atoms with Crippen LogP contribution in [0.3, 0.4) is 0 Å². The maximum absolute atomic E-state index is 12.8. The second-order valence-corrected chi connectivity index (χ2v) is 4.49. The zero-order chi connectivity index (χ0) is 15.8. The summed E-state index contributed by atoms with van der Waals surface area (Å²) in [4.78, 5) is 12.0. The largest absolute Gasteiger partial charge is 0.416 e. The average Bonchev–Trinajstić information content (AvgIpc) is 2.76. The summed E-state index contributed by atoms with van der Waals surface area (Å²) in [6, 6.07) is 1.91. The molecule has 8 heteroatoms. The minimum atomic E-state index is -4.45. The van der Waals surface area contributed by atoms with Crippen molar-refractivity contribution in [2.24, 2.45) is 0 Å². The Bertz CT molecular complexity index is 692. The van der Waals surface area contributed by atoms with Crippen LogP contribution in [0.1, 0.15) is 32.9 Å². The zero-order valence-electron chi connectivity index (χ0n) is 11.5. The quantitative estimate of drug-likeness (QED) is 0.924. The number of nitrogens with zero attached hydrogens (tertiary/aromatic N) is 2. The second-order valence-electron chi connectivity index (χ2n) is 4.49. The number of alkyl halides is 3. The van der Waals surface area contributed by atoms with Crippen molar-refractivity contribution in [1.29, 1.82) is 0 Å². The number of hydrogen-bond acceptors (Lipinski definition) is 4. The van der Waals surface area contributed by atoms with Gasteiger partial charge in [0, 0.05) is 12.5 Å². The number of carbonyl (C=O) groups excluding carboxylic acids is 1. The van der Waals surface area contributed by atoms with E-state index in [-0.39, 0.29) is 28.6 Å². The molecule has 1 aromatic heterocycles. The SMILES string of the molecule is Cc1nnc(NC(=O)c2ccc(C(F)(F)F)c(C)c2C)o1. The van der Waals surface area contributed by atoms with E-state index >= 15 is 0 Å². The van der Waals surface area contributed by atoms with E-state index in [1.54, 1.807) is 6.92 Å². The smallest absolute Gasteiger partial charge is 0.408 e. The molecule has 0 aliphatic rings. The van der Waals surface area contributed by atoms with Crippen molar-refractivity contribution in [3.8, 4) is 0 Å². The van der Waals surface area contributed by atoms with Crippen molar-refractivity contribution in [2.75, 3.05) is 5.32 Å². The minimum absolute atomic E-state index is 0.0110. The van der Waals surface area contributed by atoms with Crippen molar-refractivity contribution < 1.29 is 22.4 Å². The lowest BCUT2D eigenvalue weighted by molar-refractivity contribution is -0.138. The summed E-state index contributed by atoms with van der Waals surface area (Å²) in [6.45, 7) is 4.33. The van der Waals surface area contributed by atoms with Crippen molar-refractivity contribution in [3.63, 3.8) is 0 Å². The van der Waals surface area contributed by atoms with Gasteiger partial charge in [-0.25, -0.2) is 0 Å². The first kappa shape index (κ1) is 15.0. The number of rotatable bonds is 2. The van der Waals surface area contributed by atoms with Gasteiger partial charge in [0.05, 0.1) is 5.56 Å². The third-order valence-corrected chi connectivity index (χ3v) is 3.08. The monoisotopic (exact) mass is 299 g/mol. The van der Waals surface area contributed by atoms with Crippen LogP contribution in [0.4, 0.5) is 19.2 Å². The van der Waals surface area contributed by atoms with E-state index in [1.807, 2.05) is 0 Å². The lowest BCUT2D eigenvalue weighted by atomic mass is 9.97. The number of halogens is 3. The van der Waals surface area contributed by atoms with Crippen LogP contribution < -0.4 is 5.32 Å². The third kappa shape index (κ3) is 3.04. The van der Waals surface area contributed by atoms with Crippen LogP contribution in [0.2, 0.25) is 0 Å². The Morgan fingerprint density at radius 1 is 1.14 bits per heavy atom. The topological polar surface area (TPSA) is 68.0 Å². The molecule has 0 saturated carbocycles. The van der Waals surface area contributed by atoms with Gasteiger partial charge in [0.15, 0.2) is 0 Å². The normalized spacial score (nSPS) is 11.5. The Balaban J connectivity index is 2.32. The number of anilines is 1. The zero-order valence-corrected chi connectivity index (χ0v) is 11.5. The molecule has 0 aliphatic carbocycles. The van der Waals surface area contributed by atoms with Gasteiger partial charge in [-0.05, 0) is 37.1 Å². The molecule has 5 nitrogen and oxygen atoms in total. The first-order valence-corrected chi connectivity index (χ1v) is 5.99. The van der Waals surface area contributed by atoms with Gasteiger partial charge in [0.2, 0.25) is 5.89 Å². The summed E-state index contributed by atoms with van der Waals surface area (Å²) in [5, 5.41) is 9.48. The summed E-state index contributed by atoms with van der Waals surface area (Å²) in [6.07, 6.45) is -4.45. The minimum Gasteiger partial charge on any atom is -0.408 e. The van der Waals surface area contributed by atoms with E-state index in [1.165, 1.54) is 13.8 Å².